The normalized spacial score (nSPS) is 21.2. The topological polar surface area (TPSA) is 90.1 Å². The molecule has 7 heteroatoms. The molecule has 2 amide bonds. The van der Waals surface area contributed by atoms with Gasteiger partial charge in [-0.1, -0.05) is 12.1 Å². The number of hydrogen-bond acceptors (Lipinski definition) is 4. The van der Waals surface area contributed by atoms with Gasteiger partial charge >= 0.3 is 0 Å². The van der Waals surface area contributed by atoms with E-state index in [-0.39, 0.29) is 23.9 Å². The van der Waals surface area contributed by atoms with Gasteiger partial charge in [0.2, 0.25) is 5.91 Å². The van der Waals surface area contributed by atoms with Crippen LogP contribution in [0.4, 0.5) is 11.4 Å². The molecule has 3 aromatic rings. The lowest BCUT2D eigenvalue weighted by Gasteiger charge is -2.32. The number of benzene rings is 2. The van der Waals surface area contributed by atoms with Gasteiger partial charge in [-0.05, 0) is 36.8 Å². The van der Waals surface area contributed by atoms with Crippen LogP contribution in [0.5, 0.6) is 0 Å². The van der Waals surface area contributed by atoms with Crippen LogP contribution in [0.25, 0.3) is 11.0 Å². The number of amides is 2. The Bertz CT molecular complexity index is 1030. The van der Waals surface area contributed by atoms with Crippen LogP contribution in [-0.4, -0.2) is 40.4 Å². The van der Waals surface area contributed by atoms with Gasteiger partial charge in [0.05, 0.1) is 28.7 Å². The second kappa shape index (κ2) is 5.59. The molecule has 0 saturated carbocycles. The first-order valence-electron chi connectivity index (χ1n) is 8.59. The van der Waals surface area contributed by atoms with Gasteiger partial charge in [0.15, 0.2) is 0 Å². The molecular formula is C19H17N5O2. The van der Waals surface area contributed by atoms with Crippen LogP contribution in [0.1, 0.15) is 16.8 Å². The van der Waals surface area contributed by atoms with Gasteiger partial charge in [-0.15, -0.1) is 0 Å². The van der Waals surface area contributed by atoms with Crippen molar-refractivity contribution >= 4 is 34.2 Å². The third kappa shape index (κ3) is 2.32. The van der Waals surface area contributed by atoms with E-state index in [4.69, 9.17) is 0 Å². The van der Waals surface area contributed by atoms with Gasteiger partial charge in [-0.2, -0.15) is 0 Å². The van der Waals surface area contributed by atoms with Crippen LogP contribution in [0.2, 0.25) is 0 Å². The Kier molecular flexibility index (Phi) is 3.21. The molecule has 0 radical (unpaired) electrons. The first-order chi connectivity index (χ1) is 12.7. The third-order valence-electron chi connectivity index (χ3n) is 5.09. The van der Waals surface area contributed by atoms with E-state index in [1.54, 1.807) is 18.5 Å². The molecule has 2 aliphatic heterocycles. The molecule has 130 valence electrons. The van der Waals surface area contributed by atoms with Crippen LogP contribution in [0, 0.1) is 0 Å². The second-order valence-electron chi connectivity index (χ2n) is 6.72. The van der Waals surface area contributed by atoms with Gasteiger partial charge < -0.3 is 20.5 Å². The van der Waals surface area contributed by atoms with E-state index in [0.29, 0.717) is 18.5 Å². The number of H-pyrrole nitrogens is 1. The van der Waals surface area contributed by atoms with E-state index in [9.17, 15) is 9.59 Å². The molecule has 3 heterocycles. The Morgan fingerprint density at radius 1 is 1.23 bits per heavy atom. The Morgan fingerprint density at radius 3 is 3.04 bits per heavy atom. The lowest BCUT2D eigenvalue weighted by Crippen LogP contribution is -2.44. The molecule has 3 N–H and O–H groups in total. The quantitative estimate of drug-likeness (QED) is 0.660. The number of fused-ring (bicyclic) bond motifs is 4. The predicted molar refractivity (Wildman–Crippen MR) is 98.2 cm³/mol. The molecule has 0 bridgehead atoms. The van der Waals surface area contributed by atoms with Crippen molar-refractivity contribution in [3.05, 3.63) is 54.4 Å². The minimum absolute atomic E-state index is 0.0145. The minimum atomic E-state index is -0.245. The second-order valence-corrected chi connectivity index (χ2v) is 6.72. The van der Waals surface area contributed by atoms with E-state index in [0.717, 1.165) is 22.4 Å². The molecule has 26 heavy (non-hydrogen) atoms. The van der Waals surface area contributed by atoms with Gasteiger partial charge in [0, 0.05) is 18.2 Å². The van der Waals surface area contributed by atoms with Crippen LogP contribution in [-0.2, 0) is 4.79 Å². The van der Waals surface area contributed by atoms with E-state index in [1.165, 1.54) is 0 Å². The van der Waals surface area contributed by atoms with Crippen molar-refractivity contribution < 1.29 is 9.59 Å². The Hall–Kier alpha value is -3.35. The molecule has 2 aliphatic rings. The van der Waals surface area contributed by atoms with Crippen molar-refractivity contribution in [1.82, 2.24) is 15.3 Å². The molecule has 1 saturated heterocycles. The number of nitrogens with zero attached hydrogens (tertiary/aromatic N) is 2. The highest BCUT2D eigenvalue weighted by Crippen LogP contribution is 2.36. The third-order valence-corrected chi connectivity index (χ3v) is 5.09. The standard InChI is InChI=1S/C19H17N5O2/c25-18(11-5-6-13-15(7-11)21-10-20-13)22-12-8-17-19(26)23-14-3-1-2-4-16(14)24(17)9-12/h1-7,10,12,17H,8-9H2,(H,20,21)(H,22,25)(H,23,26). The van der Waals surface area contributed by atoms with Crippen LogP contribution in [0.15, 0.2) is 48.8 Å². The van der Waals surface area contributed by atoms with E-state index in [2.05, 4.69) is 25.5 Å². The molecule has 5 rings (SSSR count). The number of anilines is 2. The Labute approximate surface area is 149 Å². The number of aromatic nitrogens is 2. The fourth-order valence-corrected chi connectivity index (χ4v) is 3.85. The van der Waals surface area contributed by atoms with Gasteiger partial charge in [0.1, 0.15) is 6.04 Å². The highest BCUT2D eigenvalue weighted by Gasteiger charge is 2.41. The summed E-state index contributed by atoms with van der Waals surface area (Å²) < 4.78 is 0. The fraction of sp³-hybridized carbons (Fsp3) is 0.211. The van der Waals surface area contributed by atoms with Gasteiger partial charge in [0.25, 0.3) is 5.91 Å². The number of carbonyl (C=O) groups excluding carboxylic acids is 2. The molecular weight excluding hydrogens is 330 g/mol. The largest absolute Gasteiger partial charge is 0.356 e. The van der Waals surface area contributed by atoms with Crippen molar-refractivity contribution in [3.8, 4) is 0 Å². The number of rotatable bonds is 2. The van der Waals surface area contributed by atoms with Crippen molar-refractivity contribution in [2.24, 2.45) is 0 Å². The molecule has 1 fully saturated rings. The number of nitrogens with one attached hydrogen (secondary N) is 3. The summed E-state index contributed by atoms with van der Waals surface area (Å²) in [6.45, 7) is 0.618. The maximum absolute atomic E-state index is 12.6. The summed E-state index contributed by atoms with van der Waals surface area (Å²) in [5.41, 5.74) is 4.07. The summed E-state index contributed by atoms with van der Waals surface area (Å²) in [6.07, 6.45) is 2.20. The maximum atomic E-state index is 12.6. The smallest absolute Gasteiger partial charge is 0.251 e. The van der Waals surface area contributed by atoms with Crippen LogP contribution < -0.4 is 15.5 Å². The summed E-state index contributed by atoms with van der Waals surface area (Å²) in [4.78, 5) is 34.3. The molecule has 1 aromatic heterocycles. The first kappa shape index (κ1) is 14.9. The number of imidazole rings is 1. The van der Waals surface area contributed by atoms with E-state index in [1.807, 2.05) is 30.3 Å². The molecule has 0 aliphatic carbocycles. The zero-order valence-corrected chi connectivity index (χ0v) is 13.9. The molecule has 2 unspecified atom stereocenters. The molecule has 2 atom stereocenters. The maximum Gasteiger partial charge on any atom is 0.251 e. The monoisotopic (exact) mass is 347 g/mol. The lowest BCUT2D eigenvalue weighted by atomic mass is 10.1. The number of carbonyl (C=O) groups is 2. The SMILES string of the molecule is O=C(NC1CC2C(=O)Nc3ccccc3N2C1)c1ccc2nc[nH]c2c1. The van der Waals surface area contributed by atoms with E-state index < -0.39 is 0 Å². The Balaban J connectivity index is 1.36. The number of aromatic amines is 1. The zero-order chi connectivity index (χ0) is 17.7. The van der Waals surface area contributed by atoms with Crippen LogP contribution in [0.3, 0.4) is 0 Å². The molecule has 0 spiro atoms. The number of para-hydroxylation sites is 2. The summed E-state index contributed by atoms with van der Waals surface area (Å²) in [6, 6.07) is 12.8. The summed E-state index contributed by atoms with van der Waals surface area (Å²) in [7, 11) is 0. The predicted octanol–water partition coefficient (Wildman–Crippen LogP) is 1.89. The van der Waals surface area contributed by atoms with Crippen molar-refractivity contribution in [1.29, 1.82) is 0 Å². The van der Waals surface area contributed by atoms with Gasteiger partial charge in [-0.25, -0.2) is 4.98 Å². The van der Waals surface area contributed by atoms with Crippen molar-refractivity contribution in [2.75, 3.05) is 16.8 Å². The van der Waals surface area contributed by atoms with Gasteiger partial charge in [-0.3, -0.25) is 9.59 Å². The highest BCUT2D eigenvalue weighted by atomic mass is 16.2. The minimum Gasteiger partial charge on any atom is -0.356 e. The number of hydrogen-bond donors (Lipinski definition) is 3. The van der Waals surface area contributed by atoms with Crippen LogP contribution >= 0.6 is 0 Å². The lowest BCUT2D eigenvalue weighted by molar-refractivity contribution is -0.117. The summed E-state index contributed by atoms with van der Waals surface area (Å²) in [5.74, 6) is -0.153. The Morgan fingerprint density at radius 2 is 2.12 bits per heavy atom. The summed E-state index contributed by atoms with van der Waals surface area (Å²) in [5, 5.41) is 6.01. The van der Waals surface area contributed by atoms with Crippen molar-refractivity contribution in [2.45, 2.75) is 18.5 Å². The average Bonchev–Trinajstić information content (AvgIpc) is 3.28. The van der Waals surface area contributed by atoms with E-state index >= 15 is 0 Å². The summed E-state index contributed by atoms with van der Waals surface area (Å²) >= 11 is 0. The van der Waals surface area contributed by atoms with Crippen molar-refractivity contribution in [3.63, 3.8) is 0 Å². The zero-order valence-electron chi connectivity index (χ0n) is 13.9. The fourth-order valence-electron chi connectivity index (χ4n) is 3.85. The molecule has 2 aromatic carbocycles. The first-order valence-corrected chi connectivity index (χ1v) is 8.59. The average molecular weight is 347 g/mol. The molecule has 7 nitrogen and oxygen atoms in total. The highest BCUT2D eigenvalue weighted by molar-refractivity contribution is 6.04.